The van der Waals surface area contributed by atoms with Gasteiger partial charge in [0.2, 0.25) is 5.13 Å². The van der Waals surface area contributed by atoms with Crippen LogP contribution in [-0.4, -0.2) is 30.9 Å². The molecule has 0 fully saturated rings. The number of benzene rings is 1. The van der Waals surface area contributed by atoms with Crippen LogP contribution in [0.2, 0.25) is 0 Å². The number of carbonyl (C=O) groups is 1. The molecule has 0 saturated heterocycles. The van der Waals surface area contributed by atoms with Gasteiger partial charge < -0.3 is 9.47 Å². The van der Waals surface area contributed by atoms with E-state index >= 15 is 0 Å². The summed E-state index contributed by atoms with van der Waals surface area (Å²) < 4.78 is 9.97. The van der Waals surface area contributed by atoms with Gasteiger partial charge >= 0.3 is 5.97 Å². The first-order valence-corrected chi connectivity index (χ1v) is 7.62. The molecule has 1 aromatic carbocycles. The number of hydrazone groups is 1. The molecule has 2 rings (SSSR count). The molecule has 1 heterocycles. The van der Waals surface area contributed by atoms with E-state index in [0.717, 1.165) is 11.3 Å². The summed E-state index contributed by atoms with van der Waals surface area (Å²) in [7, 11) is 1.63. The van der Waals surface area contributed by atoms with Gasteiger partial charge in [0.05, 0.1) is 32.0 Å². The van der Waals surface area contributed by atoms with Crippen LogP contribution in [0.4, 0.5) is 5.13 Å². The Bertz CT molecular complexity index is 638. The van der Waals surface area contributed by atoms with E-state index < -0.39 is 0 Å². The molecule has 7 heteroatoms. The summed E-state index contributed by atoms with van der Waals surface area (Å²) in [6.45, 7) is 2.15. The zero-order valence-electron chi connectivity index (χ0n) is 12.4. The Labute approximate surface area is 132 Å². The van der Waals surface area contributed by atoms with Crippen LogP contribution in [0.3, 0.4) is 0 Å². The van der Waals surface area contributed by atoms with Crippen LogP contribution >= 0.6 is 11.3 Å². The Hall–Kier alpha value is -2.41. The molecule has 2 aromatic rings. The van der Waals surface area contributed by atoms with E-state index in [0.29, 0.717) is 17.4 Å². The van der Waals surface area contributed by atoms with Crippen molar-refractivity contribution in [3.05, 3.63) is 40.9 Å². The molecule has 0 aliphatic carbocycles. The third kappa shape index (κ3) is 4.85. The summed E-state index contributed by atoms with van der Waals surface area (Å²) >= 11 is 1.39. The second-order valence-corrected chi connectivity index (χ2v) is 5.13. The predicted molar refractivity (Wildman–Crippen MR) is 86.7 cm³/mol. The summed E-state index contributed by atoms with van der Waals surface area (Å²) in [5.41, 5.74) is 4.45. The number of thiazole rings is 1. The highest BCUT2D eigenvalue weighted by Gasteiger charge is 2.07. The summed E-state index contributed by atoms with van der Waals surface area (Å²) in [6.07, 6.45) is 1.86. The van der Waals surface area contributed by atoms with Gasteiger partial charge in [-0.05, 0) is 36.8 Å². The number of rotatable bonds is 7. The number of anilines is 1. The quantitative estimate of drug-likeness (QED) is 0.482. The largest absolute Gasteiger partial charge is 0.497 e. The second-order valence-electron chi connectivity index (χ2n) is 4.27. The fraction of sp³-hybridized carbons (Fsp3) is 0.267. The molecular formula is C15H17N3O3S. The van der Waals surface area contributed by atoms with Crippen molar-refractivity contribution < 1.29 is 14.3 Å². The highest BCUT2D eigenvalue weighted by molar-refractivity contribution is 7.13. The van der Waals surface area contributed by atoms with Gasteiger partial charge in [-0.3, -0.25) is 10.2 Å². The lowest BCUT2D eigenvalue weighted by Gasteiger charge is -1.99. The third-order valence-electron chi connectivity index (χ3n) is 2.67. The summed E-state index contributed by atoms with van der Waals surface area (Å²) in [5.74, 6) is 0.523. The van der Waals surface area contributed by atoms with Gasteiger partial charge in [0.1, 0.15) is 5.75 Å². The lowest BCUT2D eigenvalue weighted by Crippen LogP contribution is -2.07. The lowest BCUT2D eigenvalue weighted by atomic mass is 10.2. The highest BCUT2D eigenvalue weighted by atomic mass is 32.1. The molecule has 1 N–H and O–H groups in total. The number of ether oxygens (including phenoxy) is 2. The zero-order valence-corrected chi connectivity index (χ0v) is 13.2. The van der Waals surface area contributed by atoms with Crippen molar-refractivity contribution in [1.29, 1.82) is 0 Å². The first-order valence-electron chi connectivity index (χ1n) is 6.74. The third-order valence-corrected chi connectivity index (χ3v) is 3.47. The number of methoxy groups -OCH3 is 1. The molecule has 0 saturated carbocycles. The molecule has 0 amide bonds. The van der Waals surface area contributed by atoms with E-state index in [1.165, 1.54) is 11.3 Å². The van der Waals surface area contributed by atoms with Crippen LogP contribution in [0.5, 0.6) is 5.75 Å². The summed E-state index contributed by atoms with van der Waals surface area (Å²) in [4.78, 5) is 15.6. The van der Waals surface area contributed by atoms with Crippen LogP contribution in [0.1, 0.15) is 18.2 Å². The van der Waals surface area contributed by atoms with Crippen LogP contribution < -0.4 is 10.2 Å². The fourth-order valence-electron chi connectivity index (χ4n) is 1.65. The first-order chi connectivity index (χ1) is 10.7. The molecule has 0 spiro atoms. The van der Waals surface area contributed by atoms with Crippen molar-refractivity contribution in [1.82, 2.24) is 4.98 Å². The van der Waals surface area contributed by atoms with Gasteiger partial charge in [0.25, 0.3) is 0 Å². The van der Waals surface area contributed by atoms with E-state index in [2.05, 4.69) is 15.5 Å². The molecule has 0 aliphatic heterocycles. The molecule has 0 bridgehead atoms. The number of hydrogen-bond donors (Lipinski definition) is 1. The maximum atomic E-state index is 11.4. The molecule has 116 valence electrons. The molecule has 1 aromatic heterocycles. The van der Waals surface area contributed by atoms with Gasteiger partial charge in [-0.2, -0.15) is 5.10 Å². The van der Waals surface area contributed by atoms with Gasteiger partial charge in [-0.1, -0.05) is 0 Å². The molecule has 0 unspecified atom stereocenters. The van der Waals surface area contributed by atoms with Crippen molar-refractivity contribution in [2.24, 2.45) is 5.10 Å². The monoisotopic (exact) mass is 319 g/mol. The first kappa shape index (κ1) is 16.0. The molecule has 22 heavy (non-hydrogen) atoms. The fourth-order valence-corrected chi connectivity index (χ4v) is 2.31. The van der Waals surface area contributed by atoms with Crippen molar-refractivity contribution in [3.63, 3.8) is 0 Å². The molecule has 0 aliphatic rings. The van der Waals surface area contributed by atoms with Crippen LogP contribution in [0, 0.1) is 0 Å². The number of nitrogens with one attached hydrogen (secondary N) is 1. The standard InChI is InChI=1S/C15H17N3O3S/c1-3-21-14(19)8-12-10-22-15(17-12)18-16-9-11-4-6-13(20-2)7-5-11/h4-7,9-10H,3,8H2,1-2H3,(H,17,18)/b16-9-. The number of nitrogens with zero attached hydrogens (tertiary/aromatic N) is 2. The minimum Gasteiger partial charge on any atom is -0.497 e. The maximum absolute atomic E-state index is 11.4. The van der Waals surface area contributed by atoms with Crippen molar-refractivity contribution in [2.45, 2.75) is 13.3 Å². The second kappa shape index (κ2) is 8.14. The topological polar surface area (TPSA) is 72.8 Å². The van der Waals surface area contributed by atoms with Gasteiger partial charge in [0.15, 0.2) is 0 Å². The lowest BCUT2D eigenvalue weighted by molar-refractivity contribution is -0.142. The van der Waals surface area contributed by atoms with E-state index in [4.69, 9.17) is 9.47 Å². The van der Waals surface area contributed by atoms with E-state index in [-0.39, 0.29) is 12.4 Å². The Balaban J connectivity index is 1.87. The average molecular weight is 319 g/mol. The summed E-state index contributed by atoms with van der Waals surface area (Å²) in [6, 6.07) is 7.53. The Kier molecular flexibility index (Phi) is 5.91. The zero-order chi connectivity index (χ0) is 15.8. The predicted octanol–water partition coefficient (Wildman–Crippen LogP) is 2.70. The molecule has 6 nitrogen and oxygen atoms in total. The molecule has 0 radical (unpaired) electrons. The number of carbonyl (C=O) groups excluding carboxylic acids is 1. The molecule has 0 atom stereocenters. The minimum atomic E-state index is -0.277. The Morgan fingerprint density at radius 3 is 2.86 bits per heavy atom. The van der Waals surface area contributed by atoms with Gasteiger partial charge in [-0.15, -0.1) is 11.3 Å². The summed E-state index contributed by atoms with van der Waals surface area (Å²) in [5, 5.41) is 6.55. The van der Waals surface area contributed by atoms with Crippen molar-refractivity contribution in [2.75, 3.05) is 19.1 Å². The van der Waals surface area contributed by atoms with E-state index in [9.17, 15) is 4.79 Å². The average Bonchev–Trinajstić information content (AvgIpc) is 2.95. The number of esters is 1. The maximum Gasteiger partial charge on any atom is 0.311 e. The van der Waals surface area contributed by atoms with Crippen LogP contribution in [0.25, 0.3) is 0 Å². The van der Waals surface area contributed by atoms with E-state index in [1.54, 1.807) is 20.2 Å². The Morgan fingerprint density at radius 2 is 2.18 bits per heavy atom. The van der Waals surface area contributed by atoms with Crippen LogP contribution in [-0.2, 0) is 16.0 Å². The smallest absolute Gasteiger partial charge is 0.311 e. The number of hydrogen-bond acceptors (Lipinski definition) is 7. The normalized spacial score (nSPS) is 10.6. The van der Waals surface area contributed by atoms with E-state index in [1.807, 2.05) is 29.6 Å². The van der Waals surface area contributed by atoms with Crippen LogP contribution in [0.15, 0.2) is 34.7 Å². The SMILES string of the molecule is CCOC(=O)Cc1csc(N/N=C\c2ccc(OC)cc2)n1. The van der Waals surface area contributed by atoms with Gasteiger partial charge in [-0.25, -0.2) is 4.98 Å². The Morgan fingerprint density at radius 1 is 1.41 bits per heavy atom. The van der Waals surface area contributed by atoms with Gasteiger partial charge in [0, 0.05) is 5.38 Å². The van der Waals surface area contributed by atoms with Crippen molar-refractivity contribution >= 4 is 28.7 Å². The minimum absolute atomic E-state index is 0.175. The number of aromatic nitrogens is 1. The highest BCUT2D eigenvalue weighted by Crippen LogP contribution is 2.16. The molecular weight excluding hydrogens is 302 g/mol. The van der Waals surface area contributed by atoms with Crippen molar-refractivity contribution in [3.8, 4) is 5.75 Å².